The van der Waals surface area contributed by atoms with Crippen LogP contribution in [0.4, 0.5) is 24.7 Å². The molecule has 0 unspecified atom stereocenters. The first-order valence-corrected chi connectivity index (χ1v) is 10.2. The van der Waals surface area contributed by atoms with Crippen LogP contribution in [-0.2, 0) is 11.3 Å². The Hall–Kier alpha value is -2.94. The van der Waals surface area contributed by atoms with Gasteiger partial charge in [0, 0.05) is 37.7 Å². The Morgan fingerprint density at radius 3 is 2.71 bits per heavy atom. The fourth-order valence-corrected chi connectivity index (χ4v) is 3.89. The van der Waals surface area contributed by atoms with Gasteiger partial charge in [-0.05, 0) is 25.8 Å². The Kier molecular flexibility index (Phi) is 6.22. The molecule has 2 aromatic heterocycles. The number of anilines is 2. The number of fused-ring (bicyclic) bond motifs is 1. The van der Waals surface area contributed by atoms with Gasteiger partial charge in [0.2, 0.25) is 0 Å². The molecule has 0 aliphatic carbocycles. The quantitative estimate of drug-likeness (QED) is 0.614. The topological polar surface area (TPSA) is 63.2 Å². The van der Waals surface area contributed by atoms with Crippen LogP contribution < -0.4 is 10.2 Å². The Labute approximate surface area is 178 Å². The minimum atomic E-state index is -2.87. The van der Waals surface area contributed by atoms with Gasteiger partial charge in [-0.25, -0.2) is 13.2 Å². The van der Waals surface area contributed by atoms with Gasteiger partial charge < -0.3 is 15.0 Å². The van der Waals surface area contributed by atoms with Crippen LogP contribution in [0.15, 0.2) is 30.5 Å². The highest BCUT2D eigenvalue weighted by molar-refractivity contribution is 5.92. The zero-order valence-corrected chi connectivity index (χ0v) is 17.4. The minimum Gasteiger partial charge on any atom is -0.381 e. The van der Waals surface area contributed by atoms with Crippen molar-refractivity contribution in [1.29, 1.82) is 0 Å². The lowest BCUT2D eigenvalue weighted by atomic mass is 10.1. The first-order chi connectivity index (χ1) is 15.0. The van der Waals surface area contributed by atoms with Crippen LogP contribution in [0.3, 0.4) is 0 Å². The molecule has 31 heavy (non-hydrogen) atoms. The average molecular weight is 431 g/mol. The molecule has 0 atom stereocenters. The second-order valence-corrected chi connectivity index (χ2v) is 7.62. The second kappa shape index (κ2) is 9.05. The third kappa shape index (κ3) is 4.41. The monoisotopic (exact) mass is 431 g/mol. The molecular formula is C22H24F3N5O. The van der Waals surface area contributed by atoms with E-state index >= 15 is 0 Å². The summed E-state index contributed by atoms with van der Waals surface area (Å²) in [6, 6.07) is 5.98. The predicted octanol–water partition coefficient (Wildman–Crippen LogP) is 4.64. The van der Waals surface area contributed by atoms with E-state index in [2.05, 4.69) is 25.4 Å². The number of aromatic nitrogens is 3. The second-order valence-electron chi connectivity index (χ2n) is 7.62. The maximum absolute atomic E-state index is 14.4. The Morgan fingerprint density at radius 1 is 1.23 bits per heavy atom. The van der Waals surface area contributed by atoms with Crippen LogP contribution in [0.25, 0.3) is 10.9 Å². The fourth-order valence-electron chi connectivity index (χ4n) is 3.89. The van der Waals surface area contributed by atoms with Gasteiger partial charge in [0.1, 0.15) is 5.82 Å². The number of piperidine rings is 1. The van der Waals surface area contributed by atoms with Gasteiger partial charge in [-0.2, -0.15) is 5.10 Å². The summed E-state index contributed by atoms with van der Waals surface area (Å²) in [6.45, 7) is 3.54. The van der Waals surface area contributed by atoms with Crippen molar-refractivity contribution in [3.8, 4) is 0 Å². The molecule has 1 saturated heterocycles. The zero-order chi connectivity index (χ0) is 22.0. The molecule has 1 aliphatic rings. The van der Waals surface area contributed by atoms with Crippen LogP contribution >= 0.6 is 0 Å². The summed E-state index contributed by atoms with van der Waals surface area (Å²) in [6.07, 6.45) is 1.10. The molecule has 1 aliphatic heterocycles. The number of hydrogen-bond acceptors (Lipinski definition) is 6. The van der Waals surface area contributed by atoms with Crippen LogP contribution in [-0.4, -0.2) is 41.5 Å². The molecule has 1 aromatic carbocycles. The van der Waals surface area contributed by atoms with Crippen LogP contribution in [0.5, 0.6) is 0 Å². The zero-order valence-electron chi connectivity index (χ0n) is 17.4. The van der Waals surface area contributed by atoms with E-state index in [0.717, 1.165) is 43.1 Å². The molecule has 9 heteroatoms. The number of ether oxygens (including phenoxy) is 1. The summed E-state index contributed by atoms with van der Waals surface area (Å²) in [5.41, 5.74) is 1.86. The summed E-state index contributed by atoms with van der Waals surface area (Å²) in [5, 5.41) is 12.1. The van der Waals surface area contributed by atoms with Gasteiger partial charge in [-0.1, -0.05) is 18.2 Å². The molecule has 6 nitrogen and oxygen atoms in total. The number of benzene rings is 1. The molecule has 1 fully saturated rings. The summed E-state index contributed by atoms with van der Waals surface area (Å²) in [4.78, 5) is 6.82. The van der Waals surface area contributed by atoms with Crippen molar-refractivity contribution in [2.75, 3.05) is 30.4 Å². The molecule has 3 aromatic rings. The largest absolute Gasteiger partial charge is 0.381 e. The van der Waals surface area contributed by atoms with Gasteiger partial charge in [-0.15, -0.1) is 5.10 Å². The van der Waals surface area contributed by atoms with E-state index in [1.165, 1.54) is 12.1 Å². The van der Waals surface area contributed by atoms with Crippen molar-refractivity contribution in [2.24, 2.45) is 0 Å². The van der Waals surface area contributed by atoms with Crippen molar-refractivity contribution in [1.82, 2.24) is 15.2 Å². The third-order valence-electron chi connectivity index (χ3n) is 5.70. The molecule has 0 bridgehead atoms. The minimum absolute atomic E-state index is 0.00267. The van der Waals surface area contributed by atoms with E-state index in [1.54, 1.807) is 7.11 Å². The summed E-state index contributed by atoms with van der Waals surface area (Å²) in [5.74, 6) is -0.474. The molecule has 3 heterocycles. The molecular weight excluding hydrogens is 407 g/mol. The Balaban J connectivity index is 1.61. The van der Waals surface area contributed by atoms with E-state index in [4.69, 9.17) is 4.74 Å². The van der Waals surface area contributed by atoms with E-state index in [1.807, 2.05) is 19.2 Å². The maximum Gasteiger partial charge on any atom is 0.266 e. The number of methoxy groups -OCH3 is 1. The van der Waals surface area contributed by atoms with Gasteiger partial charge in [0.05, 0.1) is 34.8 Å². The highest BCUT2D eigenvalue weighted by Crippen LogP contribution is 2.29. The summed E-state index contributed by atoms with van der Waals surface area (Å²) >= 11 is 0. The number of nitrogens with zero attached hydrogens (tertiary/aromatic N) is 4. The van der Waals surface area contributed by atoms with E-state index < -0.39 is 17.8 Å². The molecule has 0 saturated carbocycles. The highest BCUT2D eigenvalue weighted by Gasteiger charge is 2.21. The standard InChI is InChI=1S/C22H24F3N5O/c1-13-20-18(10-15(12-26-20)30-8-6-16(31-2)7-9-30)22(29-28-13)27-11-14-4-3-5-17(19(14)23)21(24)25/h3-5,10,12,16,21H,6-9,11H2,1-2H3,(H,27,29). The fraction of sp³-hybridized carbons (Fsp3) is 0.409. The smallest absolute Gasteiger partial charge is 0.266 e. The number of pyridine rings is 1. The maximum atomic E-state index is 14.4. The number of nitrogens with one attached hydrogen (secondary N) is 1. The molecule has 0 radical (unpaired) electrons. The molecule has 0 amide bonds. The number of halogens is 3. The average Bonchev–Trinajstić information content (AvgIpc) is 2.79. The molecule has 0 spiro atoms. The summed E-state index contributed by atoms with van der Waals surface area (Å²) in [7, 11) is 1.73. The third-order valence-corrected chi connectivity index (χ3v) is 5.70. The van der Waals surface area contributed by atoms with E-state index in [-0.39, 0.29) is 18.2 Å². The van der Waals surface area contributed by atoms with Crippen molar-refractivity contribution in [3.63, 3.8) is 0 Å². The lowest BCUT2D eigenvalue weighted by Gasteiger charge is -2.32. The van der Waals surface area contributed by atoms with Crippen molar-refractivity contribution in [3.05, 3.63) is 53.1 Å². The van der Waals surface area contributed by atoms with Crippen molar-refractivity contribution >= 4 is 22.4 Å². The van der Waals surface area contributed by atoms with Gasteiger partial charge in [0.15, 0.2) is 5.82 Å². The number of rotatable bonds is 6. The van der Waals surface area contributed by atoms with E-state index in [0.29, 0.717) is 17.0 Å². The first kappa shape index (κ1) is 21.3. The SMILES string of the molecule is COC1CCN(c2cnc3c(C)nnc(NCc4cccc(C(F)F)c4F)c3c2)CC1. The Bertz CT molecular complexity index is 1070. The molecule has 1 N–H and O–H groups in total. The van der Waals surface area contributed by atoms with Gasteiger partial charge in [0.25, 0.3) is 6.43 Å². The normalized spacial score (nSPS) is 15.1. The van der Waals surface area contributed by atoms with Crippen molar-refractivity contribution < 1.29 is 17.9 Å². The summed E-state index contributed by atoms with van der Waals surface area (Å²) < 4.78 is 45.8. The number of aryl methyl sites for hydroxylation is 1. The van der Waals surface area contributed by atoms with Crippen molar-refractivity contribution in [2.45, 2.75) is 38.8 Å². The molecule has 4 rings (SSSR count). The lowest BCUT2D eigenvalue weighted by molar-refractivity contribution is 0.0819. The van der Waals surface area contributed by atoms with Gasteiger partial charge in [-0.3, -0.25) is 4.98 Å². The highest BCUT2D eigenvalue weighted by atomic mass is 19.3. The van der Waals surface area contributed by atoms with Gasteiger partial charge >= 0.3 is 0 Å². The van der Waals surface area contributed by atoms with Crippen LogP contribution in [0.1, 0.15) is 36.1 Å². The predicted molar refractivity (Wildman–Crippen MR) is 113 cm³/mol. The van der Waals surface area contributed by atoms with E-state index in [9.17, 15) is 13.2 Å². The molecule has 164 valence electrons. The van der Waals surface area contributed by atoms with Crippen LogP contribution in [0.2, 0.25) is 0 Å². The number of alkyl halides is 2. The van der Waals surface area contributed by atoms with Crippen LogP contribution in [0, 0.1) is 12.7 Å². The number of hydrogen-bond donors (Lipinski definition) is 1. The first-order valence-electron chi connectivity index (χ1n) is 10.2. The lowest BCUT2D eigenvalue weighted by Crippen LogP contribution is -2.36. The Morgan fingerprint density at radius 2 is 2.00 bits per heavy atom.